The summed E-state index contributed by atoms with van der Waals surface area (Å²) in [4.78, 5) is 10.9. The second kappa shape index (κ2) is 4.23. The van der Waals surface area contributed by atoms with Gasteiger partial charge in [0.1, 0.15) is 0 Å². The van der Waals surface area contributed by atoms with Crippen molar-refractivity contribution < 1.29 is 14.6 Å². The second-order valence-electron chi connectivity index (χ2n) is 3.16. The largest absolute Gasteiger partial charge is 0.467 e. The zero-order valence-electron chi connectivity index (χ0n) is 8.52. The van der Waals surface area contributed by atoms with Gasteiger partial charge in [-0.05, 0) is 12.5 Å². The van der Waals surface area contributed by atoms with Gasteiger partial charge in [-0.1, -0.05) is 0 Å². The third-order valence-electron chi connectivity index (χ3n) is 2.00. The topological polar surface area (TPSA) is 64.3 Å². The number of aliphatic hydroxyl groups is 1. The van der Waals surface area contributed by atoms with Gasteiger partial charge >= 0.3 is 5.97 Å². The van der Waals surface area contributed by atoms with Crippen molar-refractivity contribution >= 4 is 5.97 Å². The number of carbonyl (C=O) groups is 1. The van der Waals surface area contributed by atoms with E-state index in [1.54, 1.807) is 17.9 Å². The Morgan fingerprint density at radius 3 is 2.86 bits per heavy atom. The fourth-order valence-corrected chi connectivity index (χ4v) is 1.28. The first kappa shape index (κ1) is 10.7. The van der Waals surface area contributed by atoms with Crippen molar-refractivity contribution in [1.29, 1.82) is 0 Å². The number of carbonyl (C=O) groups excluding carboxylic acids is 1. The number of nitrogens with zero attached hydrogens (tertiary/aromatic N) is 2. The molecule has 0 spiro atoms. The average Bonchev–Trinajstić information content (AvgIpc) is 2.44. The molecular formula is C9H14N2O3. The maximum Gasteiger partial charge on any atom is 0.335 e. The molecule has 0 saturated heterocycles. The lowest BCUT2D eigenvalue weighted by molar-refractivity contribution is -0.150. The van der Waals surface area contributed by atoms with Crippen molar-refractivity contribution in [3.8, 4) is 0 Å². The number of rotatable bonds is 3. The first-order chi connectivity index (χ1) is 6.54. The standard InChI is InChI=1S/C9H14N2O3/c1-6-7(5-11(2)10-6)4-8(12)9(13)14-3/h5,8,12H,4H2,1-3H3. The van der Waals surface area contributed by atoms with Crippen molar-refractivity contribution in [3.05, 3.63) is 17.5 Å². The minimum atomic E-state index is -1.11. The van der Waals surface area contributed by atoms with Crippen molar-refractivity contribution in [2.45, 2.75) is 19.4 Å². The Morgan fingerprint density at radius 2 is 2.43 bits per heavy atom. The van der Waals surface area contributed by atoms with E-state index in [2.05, 4.69) is 9.84 Å². The van der Waals surface area contributed by atoms with Crippen LogP contribution in [-0.2, 0) is 23.0 Å². The Morgan fingerprint density at radius 1 is 1.79 bits per heavy atom. The number of hydrogen-bond acceptors (Lipinski definition) is 4. The summed E-state index contributed by atoms with van der Waals surface area (Å²) in [5, 5.41) is 13.5. The van der Waals surface area contributed by atoms with Crippen molar-refractivity contribution in [1.82, 2.24) is 9.78 Å². The van der Waals surface area contributed by atoms with Crippen LogP contribution in [0, 0.1) is 6.92 Å². The SMILES string of the molecule is COC(=O)C(O)Cc1cn(C)nc1C. The smallest absolute Gasteiger partial charge is 0.335 e. The second-order valence-corrected chi connectivity index (χ2v) is 3.16. The molecule has 1 aromatic heterocycles. The molecule has 5 nitrogen and oxygen atoms in total. The van der Waals surface area contributed by atoms with Crippen molar-refractivity contribution in [3.63, 3.8) is 0 Å². The van der Waals surface area contributed by atoms with Gasteiger partial charge in [-0.15, -0.1) is 0 Å². The molecule has 0 bridgehead atoms. The van der Waals surface area contributed by atoms with Crippen molar-refractivity contribution in [2.24, 2.45) is 7.05 Å². The minimum absolute atomic E-state index is 0.242. The zero-order valence-corrected chi connectivity index (χ0v) is 8.52. The van der Waals surface area contributed by atoms with Crippen LogP contribution in [0.2, 0.25) is 0 Å². The summed E-state index contributed by atoms with van der Waals surface area (Å²) < 4.78 is 6.06. The third-order valence-corrected chi connectivity index (χ3v) is 2.00. The number of aromatic nitrogens is 2. The van der Waals surface area contributed by atoms with Gasteiger partial charge in [-0.2, -0.15) is 5.10 Å². The first-order valence-electron chi connectivity index (χ1n) is 4.29. The van der Waals surface area contributed by atoms with Gasteiger partial charge in [0.05, 0.1) is 12.8 Å². The molecule has 1 atom stereocenters. The van der Waals surface area contributed by atoms with Gasteiger partial charge in [0.2, 0.25) is 0 Å². The monoisotopic (exact) mass is 198 g/mol. The van der Waals surface area contributed by atoms with Crippen LogP contribution in [0.4, 0.5) is 0 Å². The van der Waals surface area contributed by atoms with Crippen LogP contribution in [-0.4, -0.2) is 34.1 Å². The molecule has 1 heterocycles. The summed E-state index contributed by atoms with van der Waals surface area (Å²) in [6.45, 7) is 1.83. The van der Waals surface area contributed by atoms with Crippen LogP contribution in [0.1, 0.15) is 11.3 Å². The van der Waals surface area contributed by atoms with E-state index in [1.165, 1.54) is 7.11 Å². The number of aliphatic hydroxyl groups excluding tert-OH is 1. The van der Waals surface area contributed by atoms with E-state index in [-0.39, 0.29) is 6.42 Å². The van der Waals surface area contributed by atoms with Gasteiger partial charge in [0.15, 0.2) is 6.10 Å². The van der Waals surface area contributed by atoms with Crippen LogP contribution >= 0.6 is 0 Å². The van der Waals surface area contributed by atoms with Gasteiger partial charge in [-0.25, -0.2) is 4.79 Å². The Kier molecular flexibility index (Phi) is 3.24. The molecule has 0 aromatic carbocycles. The van der Waals surface area contributed by atoms with Crippen LogP contribution in [0.3, 0.4) is 0 Å². The molecule has 1 N–H and O–H groups in total. The lowest BCUT2D eigenvalue weighted by atomic mass is 10.1. The molecule has 0 aliphatic carbocycles. The highest BCUT2D eigenvalue weighted by molar-refractivity contribution is 5.74. The lowest BCUT2D eigenvalue weighted by Gasteiger charge is -2.06. The molecule has 0 radical (unpaired) electrons. The third kappa shape index (κ3) is 2.32. The molecule has 0 fully saturated rings. The van der Waals surface area contributed by atoms with Crippen molar-refractivity contribution in [2.75, 3.05) is 7.11 Å². The van der Waals surface area contributed by atoms with Gasteiger partial charge < -0.3 is 9.84 Å². The maximum absolute atomic E-state index is 10.9. The highest BCUT2D eigenvalue weighted by Gasteiger charge is 2.17. The number of ether oxygens (including phenoxy) is 1. The Labute approximate surface area is 82.3 Å². The van der Waals surface area contributed by atoms with Gasteiger partial charge in [0.25, 0.3) is 0 Å². The highest BCUT2D eigenvalue weighted by Crippen LogP contribution is 2.08. The highest BCUT2D eigenvalue weighted by atomic mass is 16.5. The molecule has 78 valence electrons. The first-order valence-corrected chi connectivity index (χ1v) is 4.29. The zero-order chi connectivity index (χ0) is 10.7. The lowest BCUT2D eigenvalue weighted by Crippen LogP contribution is -2.24. The fraction of sp³-hybridized carbons (Fsp3) is 0.556. The summed E-state index contributed by atoms with van der Waals surface area (Å²) >= 11 is 0. The molecule has 0 aliphatic heterocycles. The normalized spacial score (nSPS) is 12.6. The van der Waals surface area contributed by atoms with Crippen LogP contribution in [0.15, 0.2) is 6.20 Å². The molecule has 0 aliphatic rings. The van der Waals surface area contributed by atoms with E-state index in [0.29, 0.717) is 0 Å². The number of hydrogen-bond donors (Lipinski definition) is 1. The van der Waals surface area contributed by atoms with Crippen LogP contribution in [0.5, 0.6) is 0 Å². The Bertz CT molecular complexity index is 333. The molecular weight excluding hydrogens is 184 g/mol. The Balaban J connectivity index is 2.69. The molecule has 0 amide bonds. The average molecular weight is 198 g/mol. The molecule has 14 heavy (non-hydrogen) atoms. The summed E-state index contributed by atoms with van der Waals surface area (Å²) in [7, 11) is 3.04. The summed E-state index contributed by atoms with van der Waals surface area (Å²) in [6.07, 6.45) is 0.913. The molecule has 1 aromatic rings. The maximum atomic E-state index is 10.9. The van der Waals surface area contributed by atoms with E-state index >= 15 is 0 Å². The number of aryl methyl sites for hydroxylation is 2. The summed E-state index contributed by atoms with van der Waals surface area (Å²) in [6, 6.07) is 0. The number of methoxy groups -OCH3 is 1. The predicted octanol–water partition coefficient (Wildman–Crippen LogP) is -0.195. The number of esters is 1. The Hall–Kier alpha value is -1.36. The predicted molar refractivity (Wildman–Crippen MR) is 49.7 cm³/mol. The van der Waals surface area contributed by atoms with E-state index < -0.39 is 12.1 Å². The fourth-order valence-electron chi connectivity index (χ4n) is 1.28. The molecule has 1 unspecified atom stereocenters. The van der Waals surface area contributed by atoms with Gasteiger partial charge in [-0.3, -0.25) is 4.68 Å². The summed E-state index contributed by atoms with van der Waals surface area (Å²) in [5.41, 5.74) is 1.67. The van der Waals surface area contributed by atoms with E-state index in [9.17, 15) is 9.90 Å². The van der Waals surface area contributed by atoms with E-state index in [1.807, 2.05) is 6.92 Å². The molecule has 5 heteroatoms. The van der Waals surface area contributed by atoms with E-state index in [0.717, 1.165) is 11.3 Å². The quantitative estimate of drug-likeness (QED) is 0.683. The molecule has 1 rings (SSSR count). The summed E-state index contributed by atoms with van der Waals surface area (Å²) in [5.74, 6) is -0.617. The minimum Gasteiger partial charge on any atom is -0.467 e. The molecule has 0 saturated carbocycles. The van der Waals surface area contributed by atoms with E-state index in [4.69, 9.17) is 0 Å². The van der Waals surface area contributed by atoms with Crippen LogP contribution in [0.25, 0.3) is 0 Å². The van der Waals surface area contributed by atoms with Crippen LogP contribution < -0.4 is 0 Å². The van der Waals surface area contributed by atoms with Gasteiger partial charge in [0, 0.05) is 19.7 Å².